The van der Waals surface area contributed by atoms with E-state index in [4.69, 9.17) is 10.7 Å². The Labute approximate surface area is 234 Å². The first-order valence-corrected chi connectivity index (χ1v) is 14.7. The zero-order valence-corrected chi connectivity index (χ0v) is 22.9. The van der Waals surface area contributed by atoms with Gasteiger partial charge in [0.25, 0.3) is 0 Å². The van der Waals surface area contributed by atoms with Crippen LogP contribution >= 0.6 is 23.1 Å². The molecule has 0 amide bonds. The van der Waals surface area contributed by atoms with Crippen molar-refractivity contribution in [2.45, 2.75) is 17.4 Å². The molecule has 1 aliphatic heterocycles. The predicted octanol–water partition coefficient (Wildman–Crippen LogP) is 9.57. The fourth-order valence-electron chi connectivity index (χ4n) is 6.11. The van der Waals surface area contributed by atoms with Gasteiger partial charge in [0, 0.05) is 47.3 Å². The molecule has 186 valence electrons. The summed E-state index contributed by atoms with van der Waals surface area (Å²) in [4.78, 5) is 7.52. The largest absolute Gasteiger partial charge is 0.317 e. The van der Waals surface area contributed by atoms with Gasteiger partial charge in [0.2, 0.25) is 0 Å². The van der Waals surface area contributed by atoms with Crippen molar-refractivity contribution >= 4 is 76.7 Å². The van der Waals surface area contributed by atoms with Crippen molar-refractivity contribution in [1.82, 2.24) is 0 Å². The van der Waals surface area contributed by atoms with Crippen molar-refractivity contribution in [3.63, 3.8) is 0 Å². The molecule has 2 heterocycles. The van der Waals surface area contributed by atoms with E-state index in [2.05, 4.69) is 110 Å². The maximum atomic E-state index is 7.04. The first-order chi connectivity index (χ1) is 19.1. The normalized spacial score (nSPS) is 18.7. The second-order valence-electron chi connectivity index (χ2n) is 10.3. The summed E-state index contributed by atoms with van der Waals surface area (Å²) in [5.41, 5.74) is 10.7. The van der Waals surface area contributed by atoms with E-state index in [9.17, 15) is 0 Å². The molecule has 0 spiro atoms. The van der Waals surface area contributed by atoms with E-state index in [0.717, 1.165) is 27.3 Å². The van der Waals surface area contributed by atoms with E-state index in [1.807, 2.05) is 23.6 Å². The highest BCUT2D eigenvalue weighted by molar-refractivity contribution is 8.03. The van der Waals surface area contributed by atoms with Crippen LogP contribution in [0.5, 0.6) is 0 Å². The second-order valence-corrected chi connectivity index (χ2v) is 12.5. The molecule has 2 nitrogen and oxygen atoms in total. The minimum Gasteiger partial charge on any atom is -0.317 e. The summed E-state index contributed by atoms with van der Waals surface area (Å²) in [7, 11) is 0. The number of fused-ring (bicyclic) bond motifs is 4. The second kappa shape index (κ2) is 8.52. The van der Waals surface area contributed by atoms with Gasteiger partial charge in [-0.1, -0.05) is 103 Å². The van der Waals surface area contributed by atoms with Crippen LogP contribution in [-0.4, -0.2) is 6.21 Å². The molecule has 2 N–H and O–H groups in total. The molecule has 1 unspecified atom stereocenters. The Morgan fingerprint density at radius 2 is 1.33 bits per heavy atom. The standard InChI is InChI=1S/C35H24N2S2/c1-35(36)26-16-5-6-17-27(26)39-34(35)33(21-10-3-2-4-11-21)37-20-22-12-7-13-23-24-14-8-18-28-31(24)32-25(30(22)23)15-9-19-29(32)38-28/h2-20H,36H2,1H3/b34-33+,37-20?. The molecule has 0 radical (unpaired) electrons. The Kier molecular flexibility index (Phi) is 5.02. The third-order valence-corrected chi connectivity index (χ3v) is 10.4. The van der Waals surface area contributed by atoms with E-state index < -0.39 is 5.54 Å². The molecule has 0 aliphatic carbocycles. The number of nitrogens with two attached hydrogens (primary N) is 1. The lowest BCUT2D eigenvalue weighted by Gasteiger charge is -2.23. The van der Waals surface area contributed by atoms with Gasteiger partial charge in [-0.2, -0.15) is 0 Å². The van der Waals surface area contributed by atoms with Gasteiger partial charge in [0.05, 0.1) is 11.2 Å². The predicted molar refractivity (Wildman–Crippen MR) is 170 cm³/mol. The number of thioether (sulfide) groups is 1. The van der Waals surface area contributed by atoms with Crippen molar-refractivity contribution < 1.29 is 0 Å². The van der Waals surface area contributed by atoms with Crippen molar-refractivity contribution in [3.05, 3.63) is 131 Å². The van der Waals surface area contributed by atoms with Crippen molar-refractivity contribution in [3.8, 4) is 0 Å². The van der Waals surface area contributed by atoms with E-state index in [0.29, 0.717) is 0 Å². The summed E-state index contributed by atoms with van der Waals surface area (Å²) < 4.78 is 2.68. The highest BCUT2D eigenvalue weighted by Gasteiger charge is 2.38. The Hall–Kier alpha value is -3.96. The summed E-state index contributed by atoms with van der Waals surface area (Å²) in [6.07, 6.45) is 2.05. The number of hydrogen-bond donors (Lipinski definition) is 1. The highest BCUT2D eigenvalue weighted by Crippen LogP contribution is 2.52. The average Bonchev–Trinajstić information content (AvgIpc) is 3.48. The molecule has 0 fully saturated rings. The number of hydrogen-bond acceptors (Lipinski definition) is 4. The third kappa shape index (κ3) is 3.36. The Bertz CT molecular complexity index is 2120. The molecule has 0 saturated heterocycles. The van der Waals surface area contributed by atoms with Crippen LogP contribution in [0, 0.1) is 0 Å². The topological polar surface area (TPSA) is 38.4 Å². The zero-order valence-electron chi connectivity index (χ0n) is 21.3. The van der Waals surface area contributed by atoms with E-state index in [1.54, 1.807) is 11.8 Å². The lowest BCUT2D eigenvalue weighted by atomic mass is 9.91. The maximum Gasteiger partial charge on any atom is 0.0823 e. The van der Waals surface area contributed by atoms with Crippen LogP contribution in [0.1, 0.15) is 23.6 Å². The van der Waals surface area contributed by atoms with Gasteiger partial charge in [0.1, 0.15) is 0 Å². The molecule has 0 saturated carbocycles. The molecule has 8 rings (SSSR count). The highest BCUT2D eigenvalue weighted by atomic mass is 32.2. The summed E-state index contributed by atoms with van der Waals surface area (Å²) in [5, 5.41) is 7.85. The summed E-state index contributed by atoms with van der Waals surface area (Å²) in [6, 6.07) is 38.8. The summed E-state index contributed by atoms with van der Waals surface area (Å²) in [5.74, 6) is 0. The molecule has 0 bridgehead atoms. The van der Waals surface area contributed by atoms with Crippen LogP contribution in [0.2, 0.25) is 0 Å². The van der Waals surface area contributed by atoms with Crippen LogP contribution in [0.25, 0.3) is 47.4 Å². The molecular weight excluding hydrogens is 513 g/mol. The maximum absolute atomic E-state index is 7.04. The fourth-order valence-corrected chi connectivity index (χ4v) is 8.62. The van der Waals surface area contributed by atoms with Gasteiger partial charge < -0.3 is 5.73 Å². The van der Waals surface area contributed by atoms with Crippen LogP contribution in [0.15, 0.2) is 124 Å². The molecule has 1 aliphatic rings. The number of benzene rings is 6. The van der Waals surface area contributed by atoms with Crippen LogP contribution in [0.3, 0.4) is 0 Å². The van der Waals surface area contributed by atoms with Gasteiger partial charge >= 0.3 is 0 Å². The van der Waals surface area contributed by atoms with Crippen molar-refractivity contribution in [2.75, 3.05) is 0 Å². The third-order valence-electron chi connectivity index (χ3n) is 7.90. The minimum atomic E-state index is -0.618. The Morgan fingerprint density at radius 3 is 2.10 bits per heavy atom. The Balaban J connectivity index is 1.39. The first-order valence-electron chi connectivity index (χ1n) is 13.1. The number of nitrogens with zero attached hydrogens (tertiary/aromatic N) is 1. The molecule has 7 aromatic rings. The molecule has 6 aromatic carbocycles. The lowest BCUT2D eigenvalue weighted by Crippen LogP contribution is -2.32. The van der Waals surface area contributed by atoms with Gasteiger partial charge in [-0.3, -0.25) is 4.99 Å². The smallest absolute Gasteiger partial charge is 0.0823 e. The SMILES string of the molecule is CC1(N)/C(=C(\N=Cc2cccc3c4cccc5sc6cccc(c23)c6c54)c2ccccc2)Sc2ccccc21. The molecule has 1 aromatic heterocycles. The molecule has 4 heteroatoms. The average molecular weight is 537 g/mol. The fraction of sp³-hybridized carbons (Fsp3) is 0.0571. The van der Waals surface area contributed by atoms with E-state index in [1.165, 1.54) is 46.6 Å². The molecule has 39 heavy (non-hydrogen) atoms. The van der Waals surface area contributed by atoms with Gasteiger partial charge in [-0.15, -0.1) is 11.3 Å². The van der Waals surface area contributed by atoms with Crippen LogP contribution in [-0.2, 0) is 5.54 Å². The van der Waals surface area contributed by atoms with Gasteiger partial charge in [-0.25, -0.2) is 0 Å². The first kappa shape index (κ1) is 23.0. The van der Waals surface area contributed by atoms with E-state index in [-0.39, 0.29) is 0 Å². The number of thiophene rings is 1. The molecule has 1 atom stereocenters. The lowest BCUT2D eigenvalue weighted by molar-refractivity contribution is 0.619. The molecular formula is C35H24N2S2. The number of rotatable bonds is 3. The van der Waals surface area contributed by atoms with Crippen molar-refractivity contribution in [1.29, 1.82) is 0 Å². The number of aliphatic imine (C=N–C) groups is 1. The van der Waals surface area contributed by atoms with Gasteiger partial charge in [0.15, 0.2) is 0 Å². The van der Waals surface area contributed by atoms with Gasteiger partial charge in [-0.05, 0) is 52.2 Å². The zero-order chi connectivity index (χ0) is 26.1. The van der Waals surface area contributed by atoms with Crippen LogP contribution < -0.4 is 5.73 Å². The van der Waals surface area contributed by atoms with Crippen LogP contribution in [0.4, 0.5) is 0 Å². The summed E-state index contributed by atoms with van der Waals surface area (Å²) >= 11 is 3.61. The van der Waals surface area contributed by atoms with Crippen molar-refractivity contribution in [2.24, 2.45) is 10.7 Å². The summed E-state index contributed by atoms with van der Waals surface area (Å²) in [6.45, 7) is 2.10. The Morgan fingerprint density at radius 1 is 0.692 bits per heavy atom. The monoisotopic (exact) mass is 536 g/mol. The minimum absolute atomic E-state index is 0.618. The quantitative estimate of drug-likeness (QED) is 0.180. The van der Waals surface area contributed by atoms with E-state index >= 15 is 0 Å².